The van der Waals surface area contributed by atoms with Crippen molar-refractivity contribution in [2.45, 2.75) is 19.5 Å². The number of hydrogen-bond acceptors (Lipinski definition) is 6. The minimum atomic E-state index is 0.241. The van der Waals surface area contributed by atoms with Crippen LogP contribution in [0.3, 0.4) is 0 Å². The van der Waals surface area contributed by atoms with Crippen LogP contribution in [0.2, 0.25) is 0 Å². The Morgan fingerprint density at radius 3 is 2.46 bits per heavy atom. The first-order valence-corrected chi connectivity index (χ1v) is 9.03. The van der Waals surface area contributed by atoms with E-state index in [4.69, 9.17) is 4.42 Å². The van der Waals surface area contributed by atoms with Crippen LogP contribution in [-0.4, -0.2) is 50.9 Å². The van der Waals surface area contributed by atoms with Gasteiger partial charge >= 0.3 is 0 Å². The third-order valence-electron chi connectivity index (χ3n) is 4.89. The lowest BCUT2D eigenvalue weighted by molar-refractivity contribution is 0.0892. The van der Waals surface area contributed by atoms with E-state index in [1.54, 1.807) is 6.26 Å². The Morgan fingerprint density at radius 1 is 1.00 bits per heavy atom. The lowest BCUT2D eigenvalue weighted by Crippen LogP contribution is -2.46. The van der Waals surface area contributed by atoms with E-state index in [1.807, 2.05) is 48.8 Å². The number of aromatic nitrogens is 3. The van der Waals surface area contributed by atoms with Crippen molar-refractivity contribution in [3.63, 3.8) is 0 Å². The van der Waals surface area contributed by atoms with Gasteiger partial charge in [-0.1, -0.05) is 30.3 Å². The van der Waals surface area contributed by atoms with Gasteiger partial charge in [0.2, 0.25) is 5.89 Å². The van der Waals surface area contributed by atoms with Crippen LogP contribution >= 0.6 is 0 Å². The van der Waals surface area contributed by atoms with E-state index in [0.29, 0.717) is 0 Å². The Bertz CT molecular complexity index is 812. The van der Waals surface area contributed by atoms with Crippen molar-refractivity contribution < 1.29 is 4.42 Å². The van der Waals surface area contributed by atoms with E-state index in [2.05, 4.69) is 31.7 Å². The quantitative estimate of drug-likeness (QED) is 0.706. The highest BCUT2D eigenvalue weighted by molar-refractivity contribution is 5.57. The minimum absolute atomic E-state index is 0.241. The maximum absolute atomic E-state index is 5.68. The van der Waals surface area contributed by atoms with Crippen molar-refractivity contribution in [1.29, 1.82) is 0 Å². The van der Waals surface area contributed by atoms with Crippen LogP contribution in [0.5, 0.6) is 0 Å². The van der Waals surface area contributed by atoms with Crippen molar-refractivity contribution in [2.24, 2.45) is 0 Å². The molecule has 1 aliphatic rings. The van der Waals surface area contributed by atoms with Crippen molar-refractivity contribution in [3.05, 3.63) is 66.8 Å². The molecule has 1 aliphatic heterocycles. The zero-order valence-corrected chi connectivity index (χ0v) is 15.0. The van der Waals surface area contributed by atoms with Gasteiger partial charge in [-0.3, -0.25) is 9.80 Å². The van der Waals surface area contributed by atoms with E-state index < -0.39 is 0 Å². The monoisotopic (exact) mass is 349 g/mol. The Labute approximate surface area is 153 Å². The second kappa shape index (κ2) is 7.76. The number of rotatable bonds is 5. The molecule has 0 amide bonds. The molecular weight excluding hydrogens is 326 g/mol. The Kier molecular flexibility index (Phi) is 5.04. The number of piperazine rings is 1. The van der Waals surface area contributed by atoms with Gasteiger partial charge in [-0.15, -0.1) is 0 Å². The van der Waals surface area contributed by atoms with Gasteiger partial charge in [0.15, 0.2) is 0 Å². The van der Waals surface area contributed by atoms with Gasteiger partial charge in [0.25, 0.3) is 0 Å². The predicted octanol–water partition coefficient (Wildman–Crippen LogP) is 3.01. The van der Waals surface area contributed by atoms with Crippen molar-refractivity contribution in [1.82, 2.24) is 24.8 Å². The van der Waals surface area contributed by atoms with Crippen LogP contribution in [0.4, 0.5) is 0 Å². The molecular formula is C20H23N5O. The number of oxazole rings is 1. The first-order valence-electron chi connectivity index (χ1n) is 9.03. The molecule has 0 saturated carbocycles. The van der Waals surface area contributed by atoms with Gasteiger partial charge in [-0.05, 0) is 13.0 Å². The van der Waals surface area contributed by atoms with Crippen LogP contribution in [0.25, 0.3) is 11.3 Å². The summed E-state index contributed by atoms with van der Waals surface area (Å²) in [6.45, 7) is 6.87. The van der Waals surface area contributed by atoms with Gasteiger partial charge in [0.1, 0.15) is 17.8 Å². The standard InChI is InChI=1S/C20H23N5O/c1-16(20-21-8-5-9-22-20)25-12-10-24(11-13-25)14-19-23-18(15-26-19)17-6-3-2-4-7-17/h2-9,15-16H,10-14H2,1H3. The second-order valence-corrected chi connectivity index (χ2v) is 6.59. The smallest absolute Gasteiger partial charge is 0.208 e. The molecule has 1 saturated heterocycles. The van der Waals surface area contributed by atoms with E-state index in [9.17, 15) is 0 Å². The van der Waals surface area contributed by atoms with Crippen LogP contribution in [0.15, 0.2) is 59.5 Å². The van der Waals surface area contributed by atoms with Crippen molar-refractivity contribution in [3.8, 4) is 11.3 Å². The summed E-state index contributed by atoms with van der Waals surface area (Å²) in [5.74, 6) is 1.66. The van der Waals surface area contributed by atoms with E-state index in [-0.39, 0.29) is 6.04 Å². The fraction of sp³-hybridized carbons (Fsp3) is 0.350. The molecule has 0 N–H and O–H groups in total. The molecule has 4 rings (SSSR count). The molecule has 6 nitrogen and oxygen atoms in total. The van der Waals surface area contributed by atoms with Gasteiger partial charge in [0, 0.05) is 44.1 Å². The maximum Gasteiger partial charge on any atom is 0.208 e. The molecule has 3 aromatic rings. The second-order valence-electron chi connectivity index (χ2n) is 6.59. The first kappa shape index (κ1) is 16.9. The third kappa shape index (κ3) is 3.81. The Hall–Kier alpha value is -2.57. The molecule has 6 heteroatoms. The van der Waals surface area contributed by atoms with Crippen molar-refractivity contribution in [2.75, 3.05) is 26.2 Å². The predicted molar refractivity (Wildman–Crippen MR) is 99.2 cm³/mol. The molecule has 1 atom stereocenters. The normalized spacial score (nSPS) is 17.3. The highest BCUT2D eigenvalue weighted by atomic mass is 16.3. The SMILES string of the molecule is CC(c1ncccn1)N1CCN(Cc2nc(-c3ccccc3)co2)CC1. The van der Waals surface area contributed by atoms with Gasteiger partial charge in [-0.25, -0.2) is 15.0 Å². The van der Waals surface area contributed by atoms with Crippen LogP contribution in [0.1, 0.15) is 24.7 Å². The van der Waals surface area contributed by atoms with Crippen LogP contribution < -0.4 is 0 Å². The van der Waals surface area contributed by atoms with E-state index >= 15 is 0 Å². The first-order chi connectivity index (χ1) is 12.8. The molecule has 1 unspecified atom stereocenters. The maximum atomic E-state index is 5.68. The minimum Gasteiger partial charge on any atom is -0.447 e. The summed E-state index contributed by atoms with van der Waals surface area (Å²) in [6, 6.07) is 12.2. The average molecular weight is 349 g/mol. The highest BCUT2D eigenvalue weighted by Crippen LogP contribution is 2.21. The summed E-state index contributed by atoms with van der Waals surface area (Å²) in [6.07, 6.45) is 5.36. The number of benzene rings is 1. The largest absolute Gasteiger partial charge is 0.447 e. The summed E-state index contributed by atoms with van der Waals surface area (Å²) in [5.41, 5.74) is 1.98. The summed E-state index contributed by atoms with van der Waals surface area (Å²) in [4.78, 5) is 18.2. The Balaban J connectivity index is 1.32. The van der Waals surface area contributed by atoms with E-state index in [0.717, 1.165) is 55.7 Å². The zero-order valence-electron chi connectivity index (χ0n) is 15.0. The number of hydrogen-bond donors (Lipinski definition) is 0. The lowest BCUT2D eigenvalue weighted by atomic mass is 10.2. The molecule has 0 spiro atoms. The molecule has 1 aromatic carbocycles. The summed E-state index contributed by atoms with van der Waals surface area (Å²) in [5, 5.41) is 0. The molecule has 0 radical (unpaired) electrons. The summed E-state index contributed by atoms with van der Waals surface area (Å²) in [7, 11) is 0. The Morgan fingerprint density at radius 2 is 1.73 bits per heavy atom. The third-order valence-corrected chi connectivity index (χ3v) is 4.89. The van der Waals surface area contributed by atoms with Gasteiger partial charge < -0.3 is 4.42 Å². The van der Waals surface area contributed by atoms with E-state index in [1.165, 1.54) is 0 Å². The molecule has 134 valence electrons. The fourth-order valence-electron chi connectivity index (χ4n) is 3.31. The lowest BCUT2D eigenvalue weighted by Gasteiger charge is -2.36. The zero-order chi connectivity index (χ0) is 17.8. The van der Waals surface area contributed by atoms with Gasteiger partial charge in [-0.2, -0.15) is 0 Å². The molecule has 0 bridgehead atoms. The van der Waals surface area contributed by atoms with Crippen LogP contribution in [0, 0.1) is 0 Å². The van der Waals surface area contributed by atoms with Crippen LogP contribution in [-0.2, 0) is 6.54 Å². The van der Waals surface area contributed by atoms with Gasteiger partial charge in [0.05, 0.1) is 12.6 Å². The molecule has 0 aliphatic carbocycles. The van der Waals surface area contributed by atoms with Crippen molar-refractivity contribution >= 4 is 0 Å². The molecule has 2 aromatic heterocycles. The summed E-state index contributed by atoms with van der Waals surface area (Å²) >= 11 is 0. The fourth-order valence-corrected chi connectivity index (χ4v) is 3.31. The summed E-state index contributed by atoms with van der Waals surface area (Å²) < 4.78 is 5.68. The highest BCUT2D eigenvalue weighted by Gasteiger charge is 2.24. The average Bonchev–Trinajstić information content (AvgIpc) is 3.18. The molecule has 1 fully saturated rings. The number of nitrogens with zero attached hydrogens (tertiary/aromatic N) is 5. The molecule has 26 heavy (non-hydrogen) atoms. The topological polar surface area (TPSA) is 58.3 Å². The molecule has 3 heterocycles.